The Morgan fingerprint density at radius 3 is 2.66 bits per heavy atom. The number of rotatable bonds is 6. The Bertz CT molecular complexity index is 894. The summed E-state index contributed by atoms with van der Waals surface area (Å²) in [6.07, 6.45) is -2.87. The summed E-state index contributed by atoms with van der Waals surface area (Å²) in [4.78, 5) is 18.6. The highest BCUT2D eigenvalue weighted by Gasteiger charge is 2.38. The van der Waals surface area contributed by atoms with E-state index < -0.39 is 25.1 Å². The van der Waals surface area contributed by atoms with E-state index in [4.69, 9.17) is 10.5 Å². The molecule has 2 aromatic rings. The third-order valence-electron chi connectivity index (χ3n) is 4.89. The zero-order chi connectivity index (χ0) is 21.4. The van der Waals surface area contributed by atoms with E-state index in [0.29, 0.717) is 23.1 Å². The van der Waals surface area contributed by atoms with Crippen molar-refractivity contribution in [2.45, 2.75) is 45.3 Å². The van der Waals surface area contributed by atoms with Crippen molar-refractivity contribution in [2.24, 2.45) is 11.7 Å². The normalized spacial score (nSPS) is 18.8. The van der Waals surface area contributed by atoms with Crippen molar-refractivity contribution >= 4 is 11.7 Å². The van der Waals surface area contributed by atoms with Crippen LogP contribution < -0.4 is 15.4 Å². The summed E-state index contributed by atoms with van der Waals surface area (Å²) in [5.41, 5.74) is 5.66. The number of halogens is 3. The first-order chi connectivity index (χ1) is 13.5. The lowest BCUT2D eigenvalue weighted by Gasteiger charge is -2.33. The van der Waals surface area contributed by atoms with Gasteiger partial charge >= 0.3 is 6.18 Å². The van der Waals surface area contributed by atoms with E-state index in [0.717, 1.165) is 13.0 Å². The molecule has 0 radical (unpaired) electrons. The summed E-state index contributed by atoms with van der Waals surface area (Å²) in [5, 5.41) is 4.12. The zero-order valence-corrected chi connectivity index (χ0v) is 16.5. The minimum absolute atomic E-state index is 0.0618. The molecule has 1 aliphatic heterocycles. The highest BCUT2D eigenvalue weighted by Crippen LogP contribution is 2.37. The standard InChI is InChI=1S/C19H24F3N5O2/c1-12-10-18(2,3)26(11-12)17-13(16(23)28)4-5-14(24-17)27-8-6-15(25-27)29-9-7-19(20,21)22/h4-6,8,12H,7,9-11H2,1-3H3,(H2,23,28)/t12-/m0/s1. The molecule has 3 rings (SSSR count). The molecule has 7 nitrogen and oxygen atoms in total. The van der Waals surface area contributed by atoms with Gasteiger partial charge in [0.15, 0.2) is 5.82 Å². The Balaban J connectivity index is 1.87. The lowest BCUT2D eigenvalue weighted by Crippen LogP contribution is -2.40. The maximum atomic E-state index is 12.3. The van der Waals surface area contributed by atoms with Gasteiger partial charge in [-0.1, -0.05) is 6.92 Å². The number of ether oxygens (including phenoxy) is 1. The molecule has 10 heteroatoms. The van der Waals surface area contributed by atoms with Crippen LogP contribution in [0.5, 0.6) is 5.88 Å². The predicted octanol–water partition coefficient (Wildman–Crippen LogP) is 3.32. The van der Waals surface area contributed by atoms with Crippen molar-refractivity contribution in [3.05, 3.63) is 30.0 Å². The highest BCUT2D eigenvalue weighted by molar-refractivity contribution is 5.98. The summed E-state index contributed by atoms with van der Waals surface area (Å²) in [6.45, 7) is 6.51. The van der Waals surface area contributed by atoms with Gasteiger partial charge in [-0.25, -0.2) is 9.67 Å². The van der Waals surface area contributed by atoms with Gasteiger partial charge in [0.25, 0.3) is 5.91 Å². The van der Waals surface area contributed by atoms with Crippen LogP contribution in [-0.2, 0) is 0 Å². The number of pyridine rings is 1. The number of hydrogen-bond acceptors (Lipinski definition) is 5. The molecule has 158 valence electrons. The van der Waals surface area contributed by atoms with Crippen LogP contribution >= 0.6 is 0 Å². The van der Waals surface area contributed by atoms with E-state index in [1.54, 1.807) is 12.1 Å². The van der Waals surface area contributed by atoms with Gasteiger partial charge in [0, 0.05) is 24.3 Å². The number of aromatic nitrogens is 3. The molecule has 0 aliphatic carbocycles. The first-order valence-corrected chi connectivity index (χ1v) is 9.30. The molecule has 0 unspecified atom stereocenters. The lowest BCUT2D eigenvalue weighted by molar-refractivity contribution is -0.139. The van der Waals surface area contributed by atoms with Crippen LogP contribution in [0, 0.1) is 5.92 Å². The average molecular weight is 411 g/mol. The van der Waals surface area contributed by atoms with Gasteiger partial charge in [-0.2, -0.15) is 13.2 Å². The van der Waals surface area contributed by atoms with E-state index >= 15 is 0 Å². The number of carbonyl (C=O) groups is 1. The topological polar surface area (TPSA) is 86.3 Å². The molecule has 1 saturated heterocycles. The van der Waals surface area contributed by atoms with Gasteiger partial charge < -0.3 is 15.4 Å². The van der Waals surface area contributed by atoms with E-state index in [2.05, 4.69) is 35.8 Å². The van der Waals surface area contributed by atoms with Crippen LogP contribution in [0.15, 0.2) is 24.4 Å². The van der Waals surface area contributed by atoms with Crippen molar-refractivity contribution in [1.29, 1.82) is 0 Å². The first-order valence-electron chi connectivity index (χ1n) is 9.30. The molecule has 1 amide bonds. The van der Waals surface area contributed by atoms with Gasteiger partial charge in [-0.15, -0.1) is 5.10 Å². The average Bonchev–Trinajstić information content (AvgIpc) is 3.16. The second kappa shape index (κ2) is 7.57. The molecular formula is C19H24F3N5O2. The number of alkyl halides is 3. The molecular weight excluding hydrogens is 387 g/mol. The van der Waals surface area contributed by atoms with Crippen LogP contribution in [0.25, 0.3) is 5.82 Å². The van der Waals surface area contributed by atoms with Gasteiger partial charge in [0.1, 0.15) is 5.82 Å². The Labute approximate surface area is 166 Å². The Hall–Kier alpha value is -2.78. The third-order valence-corrected chi connectivity index (χ3v) is 4.89. The predicted molar refractivity (Wildman–Crippen MR) is 101 cm³/mol. The fourth-order valence-corrected chi connectivity index (χ4v) is 3.71. The van der Waals surface area contributed by atoms with Crippen molar-refractivity contribution in [3.63, 3.8) is 0 Å². The zero-order valence-electron chi connectivity index (χ0n) is 16.5. The molecule has 0 aromatic carbocycles. The van der Waals surface area contributed by atoms with Gasteiger partial charge in [0.2, 0.25) is 5.88 Å². The van der Waals surface area contributed by atoms with Crippen LogP contribution in [0.2, 0.25) is 0 Å². The summed E-state index contributed by atoms with van der Waals surface area (Å²) >= 11 is 0. The number of carbonyl (C=O) groups excluding carboxylic acids is 1. The number of hydrogen-bond donors (Lipinski definition) is 1. The fraction of sp³-hybridized carbons (Fsp3) is 0.526. The van der Waals surface area contributed by atoms with E-state index in [9.17, 15) is 18.0 Å². The number of anilines is 1. The first kappa shape index (κ1) is 20.9. The maximum Gasteiger partial charge on any atom is 0.392 e. The summed E-state index contributed by atoms with van der Waals surface area (Å²) < 4.78 is 43.2. The molecule has 0 bridgehead atoms. The third kappa shape index (κ3) is 4.80. The molecule has 0 spiro atoms. The maximum absolute atomic E-state index is 12.3. The molecule has 2 N–H and O–H groups in total. The molecule has 2 aromatic heterocycles. The van der Waals surface area contributed by atoms with Crippen molar-refractivity contribution < 1.29 is 22.7 Å². The fourth-order valence-electron chi connectivity index (χ4n) is 3.71. The number of amides is 1. The number of nitrogens with two attached hydrogens (primary N) is 1. The molecule has 1 atom stereocenters. The van der Waals surface area contributed by atoms with Crippen LogP contribution in [0.3, 0.4) is 0 Å². The molecule has 1 aliphatic rings. The Kier molecular flexibility index (Phi) is 5.46. The van der Waals surface area contributed by atoms with Crippen LogP contribution in [0.1, 0.15) is 44.0 Å². The quantitative estimate of drug-likeness (QED) is 0.788. The number of nitrogens with zero attached hydrogens (tertiary/aromatic N) is 4. The monoisotopic (exact) mass is 411 g/mol. The van der Waals surface area contributed by atoms with Crippen molar-refractivity contribution in [1.82, 2.24) is 14.8 Å². The molecule has 3 heterocycles. The summed E-state index contributed by atoms with van der Waals surface area (Å²) in [7, 11) is 0. The van der Waals surface area contributed by atoms with Gasteiger partial charge in [-0.05, 0) is 38.3 Å². The molecule has 1 fully saturated rings. The highest BCUT2D eigenvalue weighted by atomic mass is 19.4. The van der Waals surface area contributed by atoms with Crippen LogP contribution in [-0.4, -0.2) is 45.5 Å². The lowest BCUT2D eigenvalue weighted by atomic mass is 9.97. The van der Waals surface area contributed by atoms with Crippen LogP contribution in [0.4, 0.5) is 19.0 Å². The van der Waals surface area contributed by atoms with Gasteiger partial charge in [0.05, 0.1) is 18.6 Å². The van der Waals surface area contributed by atoms with E-state index in [1.807, 2.05) is 0 Å². The summed E-state index contributed by atoms with van der Waals surface area (Å²) in [5.74, 6) is 0.790. The smallest absolute Gasteiger partial charge is 0.392 e. The van der Waals surface area contributed by atoms with E-state index in [-0.39, 0.29) is 11.4 Å². The second-order valence-corrected chi connectivity index (χ2v) is 7.95. The van der Waals surface area contributed by atoms with E-state index in [1.165, 1.54) is 16.9 Å². The second-order valence-electron chi connectivity index (χ2n) is 7.95. The largest absolute Gasteiger partial charge is 0.476 e. The SMILES string of the molecule is C[C@@H]1CN(c2nc(-n3ccc(OCCC(F)(F)F)n3)ccc2C(N)=O)C(C)(C)C1. The van der Waals surface area contributed by atoms with Crippen molar-refractivity contribution in [2.75, 3.05) is 18.1 Å². The molecule has 0 saturated carbocycles. The minimum atomic E-state index is -4.29. The number of primary amides is 1. The Morgan fingerprint density at radius 2 is 2.07 bits per heavy atom. The molecule has 29 heavy (non-hydrogen) atoms. The van der Waals surface area contributed by atoms with Gasteiger partial charge in [-0.3, -0.25) is 4.79 Å². The minimum Gasteiger partial charge on any atom is -0.476 e. The van der Waals surface area contributed by atoms with Crippen molar-refractivity contribution in [3.8, 4) is 11.7 Å². The Morgan fingerprint density at radius 1 is 1.34 bits per heavy atom. The summed E-state index contributed by atoms with van der Waals surface area (Å²) in [6, 6.07) is 4.63.